The molecule has 0 aromatic heterocycles. The largest absolute Gasteiger partial charge is 0.399 e. The predicted octanol–water partition coefficient (Wildman–Crippen LogP) is 1.63. The van der Waals surface area contributed by atoms with Gasteiger partial charge in [0, 0.05) is 30.7 Å². The topological polar surface area (TPSA) is 29.3 Å². The summed E-state index contributed by atoms with van der Waals surface area (Å²) in [4.78, 5) is 2.15. The number of rotatable bonds is 3. The van der Waals surface area contributed by atoms with Crippen LogP contribution in [0.5, 0.6) is 0 Å². The van der Waals surface area contributed by atoms with E-state index in [-0.39, 0.29) is 0 Å². The third kappa shape index (κ3) is 2.34. The Kier molecular flexibility index (Phi) is 3.29. The lowest BCUT2D eigenvalue weighted by atomic mass is 10.2. The Morgan fingerprint density at radius 3 is 2.42 bits per heavy atom. The average Bonchev–Trinajstić information content (AvgIpc) is 2.06. The van der Waals surface area contributed by atoms with Gasteiger partial charge in [-0.2, -0.15) is 12.6 Å². The van der Waals surface area contributed by atoms with Crippen LogP contribution in [-0.2, 0) is 0 Å². The van der Waals surface area contributed by atoms with E-state index in [2.05, 4.69) is 17.5 Å². The maximum absolute atomic E-state index is 5.57. The maximum Gasteiger partial charge on any atom is 0.0365 e. The highest BCUT2D eigenvalue weighted by Gasteiger charge is 1.97. The fourth-order valence-electron chi connectivity index (χ4n) is 1.01. The van der Waals surface area contributed by atoms with Gasteiger partial charge in [-0.15, -0.1) is 0 Å². The molecule has 0 aliphatic carbocycles. The van der Waals surface area contributed by atoms with Gasteiger partial charge >= 0.3 is 0 Å². The Morgan fingerprint density at radius 1 is 1.33 bits per heavy atom. The Morgan fingerprint density at radius 2 is 1.92 bits per heavy atom. The van der Waals surface area contributed by atoms with Crippen molar-refractivity contribution >= 4 is 24.0 Å². The molecule has 2 nitrogen and oxygen atoms in total. The van der Waals surface area contributed by atoms with E-state index in [4.69, 9.17) is 5.73 Å². The van der Waals surface area contributed by atoms with Gasteiger partial charge in [-0.3, -0.25) is 0 Å². The highest BCUT2D eigenvalue weighted by atomic mass is 32.1. The molecule has 3 heteroatoms. The SMILES string of the molecule is CN(CCS)c1ccc(N)cc1. The molecule has 2 N–H and O–H groups in total. The first-order valence-electron chi connectivity index (χ1n) is 3.91. The van der Waals surface area contributed by atoms with Crippen molar-refractivity contribution in [1.82, 2.24) is 0 Å². The van der Waals surface area contributed by atoms with Gasteiger partial charge in [0.15, 0.2) is 0 Å². The minimum atomic E-state index is 0.804. The number of hydrogen-bond donors (Lipinski definition) is 2. The van der Waals surface area contributed by atoms with E-state index >= 15 is 0 Å². The van der Waals surface area contributed by atoms with Crippen molar-refractivity contribution in [3.63, 3.8) is 0 Å². The van der Waals surface area contributed by atoms with Crippen LogP contribution in [0.3, 0.4) is 0 Å². The number of anilines is 2. The number of hydrogen-bond acceptors (Lipinski definition) is 3. The lowest BCUT2D eigenvalue weighted by molar-refractivity contribution is 0.980. The van der Waals surface area contributed by atoms with Crippen LogP contribution in [0.4, 0.5) is 11.4 Å². The molecule has 0 atom stereocenters. The molecule has 0 heterocycles. The molecule has 0 saturated carbocycles. The molecule has 1 rings (SSSR count). The summed E-state index contributed by atoms with van der Waals surface area (Å²) in [5.41, 5.74) is 7.55. The van der Waals surface area contributed by atoms with Crippen LogP contribution in [0, 0.1) is 0 Å². The van der Waals surface area contributed by atoms with E-state index < -0.39 is 0 Å². The minimum absolute atomic E-state index is 0.804. The molecule has 0 unspecified atom stereocenters. The average molecular weight is 182 g/mol. The first-order valence-corrected chi connectivity index (χ1v) is 4.55. The van der Waals surface area contributed by atoms with Crippen molar-refractivity contribution in [2.24, 2.45) is 0 Å². The highest BCUT2D eigenvalue weighted by molar-refractivity contribution is 7.80. The third-order valence-corrected chi connectivity index (χ3v) is 1.97. The van der Waals surface area contributed by atoms with Crippen molar-refractivity contribution in [1.29, 1.82) is 0 Å². The molecular formula is C9H14N2S. The zero-order valence-electron chi connectivity index (χ0n) is 7.20. The van der Waals surface area contributed by atoms with Crippen LogP contribution in [0.15, 0.2) is 24.3 Å². The number of thiol groups is 1. The van der Waals surface area contributed by atoms with Crippen molar-refractivity contribution in [3.8, 4) is 0 Å². The van der Waals surface area contributed by atoms with E-state index in [0.717, 1.165) is 18.0 Å². The van der Waals surface area contributed by atoms with Gasteiger partial charge in [0.2, 0.25) is 0 Å². The summed E-state index contributed by atoms with van der Waals surface area (Å²) in [6.45, 7) is 0.951. The van der Waals surface area contributed by atoms with Gasteiger partial charge in [-0.05, 0) is 24.3 Å². The number of nitrogens with zero attached hydrogens (tertiary/aromatic N) is 1. The van der Waals surface area contributed by atoms with Gasteiger partial charge in [-0.25, -0.2) is 0 Å². The van der Waals surface area contributed by atoms with Crippen molar-refractivity contribution in [3.05, 3.63) is 24.3 Å². The van der Waals surface area contributed by atoms with E-state index in [1.807, 2.05) is 31.3 Å². The molecule has 0 saturated heterocycles. The second kappa shape index (κ2) is 4.26. The smallest absolute Gasteiger partial charge is 0.0365 e. The lowest BCUT2D eigenvalue weighted by Gasteiger charge is -2.17. The Hall–Kier alpha value is -0.830. The van der Waals surface area contributed by atoms with Crippen molar-refractivity contribution < 1.29 is 0 Å². The molecule has 0 spiro atoms. The van der Waals surface area contributed by atoms with E-state index in [0.29, 0.717) is 0 Å². The zero-order chi connectivity index (χ0) is 8.97. The normalized spacial score (nSPS) is 9.83. The van der Waals surface area contributed by atoms with Crippen LogP contribution < -0.4 is 10.6 Å². The van der Waals surface area contributed by atoms with E-state index in [1.54, 1.807) is 0 Å². The zero-order valence-corrected chi connectivity index (χ0v) is 8.09. The summed E-state index contributed by atoms with van der Waals surface area (Å²) in [7, 11) is 2.04. The second-order valence-electron chi connectivity index (χ2n) is 2.74. The summed E-state index contributed by atoms with van der Waals surface area (Å²) in [6, 6.07) is 7.84. The fourth-order valence-corrected chi connectivity index (χ4v) is 1.31. The van der Waals surface area contributed by atoms with Gasteiger partial charge in [0.05, 0.1) is 0 Å². The summed E-state index contributed by atoms with van der Waals surface area (Å²) in [6.07, 6.45) is 0. The third-order valence-electron chi connectivity index (χ3n) is 1.77. The first kappa shape index (κ1) is 9.26. The molecule has 1 aromatic rings. The number of benzene rings is 1. The van der Waals surface area contributed by atoms with Crippen LogP contribution in [0.1, 0.15) is 0 Å². The number of nitrogens with two attached hydrogens (primary N) is 1. The van der Waals surface area contributed by atoms with Crippen LogP contribution in [-0.4, -0.2) is 19.3 Å². The predicted molar refractivity (Wildman–Crippen MR) is 58.0 cm³/mol. The Balaban J connectivity index is 2.68. The Labute approximate surface area is 78.8 Å². The summed E-state index contributed by atoms with van der Waals surface area (Å²) in [5.74, 6) is 0.862. The van der Waals surface area contributed by atoms with E-state index in [1.165, 1.54) is 5.69 Å². The maximum atomic E-state index is 5.57. The quantitative estimate of drug-likeness (QED) is 0.549. The monoisotopic (exact) mass is 182 g/mol. The molecule has 12 heavy (non-hydrogen) atoms. The minimum Gasteiger partial charge on any atom is -0.399 e. The summed E-state index contributed by atoms with van der Waals surface area (Å²) >= 11 is 4.16. The van der Waals surface area contributed by atoms with Crippen molar-refractivity contribution in [2.45, 2.75) is 0 Å². The standard InChI is InChI=1S/C9H14N2S/c1-11(6-7-12)9-4-2-8(10)3-5-9/h2-5,12H,6-7,10H2,1H3. The first-order chi connectivity index (χ1) is 5.74. The molecule has 0 aliphatic rings. The van der Waals surface area contributed by atoms with Gasteiger partial charge < -0.3 is 10.6 Å². The summed E-state index contributed by atoms with van der Waals surface area (Å²) in [5, 5.41) is 0. The van der Waals surface area contributed by atoms with Gasteiger partial charge in [0.25, 0.3) is 0 Å². The molecule has 0 fully saturated rings. The van der Waals surface area contributed by atoms with Crippen LogP contribution in [0.25, 0.3) is 0 Å². The highest BCUT2D eigenvalue weighted by Crippen LogP contribution is 2.14. The van der Waals surface area contributed by atoms with Crippen molar-refractivity contribution in [2.75, 3.05) is 30.0 Å². The lowest BCUT2D eigenvalue weighted by Crippen LogP contribution is -2.19. The molecule has 1 aromatic carbocycles. The molecule has 66 valence electrons. The summed E-state index contributed by atoms with van der Waals surface area (Å²) < 4.78 is 0. The Bertz CT molecular complexity index is 233. The van der Waals surface area contributed by atoms with Crippen LogP contribution >= 0.6 is 12.6 Å². The molecule has 0 bridgehead atoms. The van der Waals surface area contributed by atoms with E-state index in [9.17, 15) is 0 Å². The van der Waals surface area contributed by atoms with Crippen LogP contribution in [0.2, 0.25) is 0 Å². The van der Waals surface area contributed by atoms with Gasteiger partial charge in [0.1, 0.15) is 0 Å². The molecule has 0 radical (unpaired) electrons. The molecule has 0 amide bonds. The second-order valence-corrected chi connectivity index (χ2v) is 3.18. The molecular weight excluding hydrogens is 168 g/mol. The molecule has 0 aliphatic heterocycles. The van der Waals surface area contributed by atoms with Gasteiger partial charge in [-0.1, -0.05) is 0 Å². The number of nitrogen functional groups attached to an aromatic ring is 1. The fraction of sp³-hybridized carbons (Fsp3) is 0.333.